The lowest BCUT2D eigenvalue weighted by atomic mass is 10.4. The van der Waals surface area contributed by atoms with E-state index in [0.29, 0.717) is 0 Å². The fourth-order valence-electron chi connectivity index (χ4n) is 0.787. The minimum Gasteiger partial charge on any atom is -0.395 e. The summed E-state index contributed by atoms with van der Waals surface area (Å²) in [6.07, 6.45) is 0. The molecule has 0 saturated heterocycles. The number of rotatable bonds is 4. The number of thioether (sulfide) groups is 1. The summed E-state index contributed by atoms with van der Waals surface area (Å²) >= 11 is 7.35. The molecule has 1 atom stereocenters. The van der Waals surface area contributed by atoms with E-state index in [1.165, 1.54) is 0 Å². The molecule has 3 N–H and O–H groups in total. The van der Waals surface area contributed by atoms with E-state index in [4.69, 9.17) is 22.4 Å². The third kappa shape index (κ3) is 4.00. The van der Waals surface area contributed by atoms with E-state index in [1.54, 1.807) is 11.8 Å². The summed E-state index contributed by atoms with van der Waals surface area (Å²) in [5.41, 5.74) is 5.55. The van der Waals surface area contributed by atoms with Crippen molar-refractivity contribution in [3.63, 3.8) is 0 Å². The van der Waals surface area contributed by atoms with Crippen molar-refractivity contribution in [3.8, 4) is 0 Å². The quantitative estimate of drug-likeness (QED) is 0.756. The van der Waals surface area contributed by atoms with E-state index in [9.17, 15) is 0 Å². The molecule has 0 saturated carbocycles. The molecule has 0 aromatic heterocycles. The number of hydrogen-bond donors (Lipinski definition) is 2. The highest BCUT2D eigenvalue weighted by molar-refractivity contribution is 7.99. The SMILES string of the molecule is N[C@H](CO)CSc1ccc(Cl)cc1. The van der Waals surface area contributed by atoms with Crippen LogP contribution in [0.3, 0.4) is 0 Å². The van der Waals surface area contributed by atoms with Gasteiger partial charge in [0.2, 0.25) is 0 Å². The molecule has 0 aliphatic heterocycles. The maximum atomic E-state index is 8.70. The first-order valence-electron chi connectivity index (χ1n) is 3.97. The highest BCUT2D eigenvalue weighted by Crippen LogP contribution is 2.20. The van der Waals surface area contributed by atoms with Gasteiger partial charge in [-0.2, -0.15) is 0 Å². The van der Waals surface area contributed by atoms with Crippen LogP contribution in [-0.2, 0) is 0 Å². The van der Waals surface area contributed by atoms with E-state index in [2.05, 4.69) is 0 Å². The van der Waals surface area contributed by atoms with Crippen molar-refractivity contribution in [2.45, 2.75) is 10.9 Å². The molecule has 0 unspecified atom stereocenters. The summed E-state index contributed by atoms with van der Waals surface area (Å²) in [6, 6.07) is 7.41. The lowest BCUT2D eigenvalue weighted by molar-refractivity contribution is 0.275. The van der Waals surface area contributed by atoms with E-state index in [1.807, 2.05) is 24.3 Å². The molecule has 13 heavy (non-hydrogen) atoms. The maximum absolute atomic E-state index is 8.70. The van der Waals surface area contributed by atoms with Crippen LogP contribution in [0.2, 0.25) is 5.02 Å². The van der Waals surface area contributed by atoms with Crippen LogP contribution in [0.25, 0.3) is 0 Å². The summed E-state index contributed by atoms with van der Waals surface area (Å²) < 4.78 is 0. The minimum atomic E-state index is -0.152. The molecule has 0 aliphatic carbocycles. The average Bonchev–Trinajstić information content (AvgIpc) is 2.16. The van der Waals surface area contributed by atoms with E-state index in [-0.39, 0.29) is 12.6 Å². The number of benzene rings is 1. The molecule has 72 valence electrons. The molecule has 0 aliphatic rings. The Morgan fingerprint density at radius 2 is 2.00 bits per heavy atom. The molecule has 0 amide bonds. The standard InChI is InChI=1S/C9H12ClNOS/c10-7-1-3-9(4-2-7)13-6-8(11)5-12/h1-4,8,12H,5-6,11H2/t8-/m1/s1. The average molecular weight is 218 g/mol. The van der Waals surface area contributed by atoms with Gasteiger partial charge >= 0.3 is 0 Å². The summed E-state index contributed by atoms with van der Waals surface area (Å²) in [5.74, 6) is 0.720. The summed E-state index contributed by atoms with van der Waals surface area (Å²) in [5, 5.41) is 9.43. The van der Waals surface area contributed by atoms with Gasteiger partial charge in [-0.1, -0.05) is 11.6 Å². The van der Waals surface area contributed by atoms with E-state index in [0.717, 1.165) is 15.7 Å². The maximum Gasteiger partial charge on any atom is 0.0590 e. The molecule has 0 radical (unpaired) electrons. The van der Waals surface area contributed by atoms with Crippen LogP contribution in [0.4, 0.5) is 0 Å². The molecular weight excluding hydrogens is 206 g/mol. The van der Waals surface area contributed by atoms with Crippen molar-refractivity contribution in [1.82, 2.24) is 0 Å². The van der Waals surface area contributed by atoms with Gasteiger partial charge in [0.15, 0.2) is 0 Å². The zero-order chi connectivity index (χ0) is 9.68. The van der Waals surface area contributed by atoms with Gasteiger partial charge in [0, 0.05) is 21.7 Å². The van der Waals surface area contributed by atoms with Crippen molar-refractivity contribution in [1.29, 1.82) is 0 Å². The monoisotopic (exact) mass is 217 g/mol. The second-order valence-electron chi connectivity index (χ2n) is 2.71. The lowest BCUT2D eigenvalue weighted by Gasteiger charge is -2.06. The summed E-state index contributed by atoms with van der Waals surface area (Å²) in [7, 11) is 0. The first-order chi connectivity index (χ1) is 6.22. The zero-order valence-corrected chi connectivity index (χ0v) is 8.68. The molecule has 0 spiro atoms. The van der Waals surface area contributed by atoms with Crippen molar-refractivity contribution in [2.75, 3.05) is 12.4 Å². The molecule has 0 heterocycles. The van der Waals surface area contributed by atoms with Crippen LogP contribution in [-0.4, -0.2) is 23.5 Å². The van der Waals surface area contributed by atoms with Crippen LogP contribution in [0.5, 0.6) is 0 Å². The van der Waals surface area contributed by atoms with Gasteiger partial charge in [-0.3, -0.25) is 0 Å². The Morgan fingerprint density at radius 1 is 1.38 bits per heavy atom. The van der Waals surface area contributed by atoms with Crippen LogP contribution in [0.15, 0.2) is 29.2 Å². The fraction of sp³-hybridized carbons (Fsp3) is 0.333. The Balaban J connectivity index is 2.41. The first-order valence-corrected chi connectivity index (χ1v) is 5.33. The van der Waals surface area contributed by atoms with Crippen LogP contribution in [0, 0.1) is 0 Å². The van der Waals surface area contributed by atoms with Gasteiger partial charge in [0.05, 0.1) is 6.61 Å². The molecule has 2 nitrogen and oxygen atoms in total. The minimum absolute atomic E-state index is 0.0284. The Labute approximate surface area is 87.1 Å². The van der Waals surface area contributed by atoms with E-state index < -0.39 is 0 Å². The predicted molar refractivity (Wildman–Crippen MR) is 57.2 cm³/mol. The van der Waals surface area contributed by atoms with Gasteiger partial charge in [-0.15, -0.1) is 11.8 Å². The number of hydrogen-bond acceptors (Lipinski definition) is 3. The van der Waals surface area contributed by atoms with Crippen molar-refractivity contribution in [3.05, 3.63) is 29.3 Å². The second kappa shape index (κ2) is 5.50. The number of aliphatic hydroxyl groups is 1. The fourth-order valence-corrected chi connectivity index (χ4v) is 1.75. The zero-order valence-electron chi connectivity index (χ0n) is 7.11. The van der Waals surface area contributed by atoms with Crippen LogP contribution in [0.1, 0.15) is 0 Å². The van der Waals surface area contributed by atoms with Crippen LogP contribution >= 0.6 is 23.4 Å². The summed E-state index contributed by atoms with van der Waals surface area (Å²) in [4.78, 5) is 1.12. The van der Waals surface area contributed by atoms with Crippen molar-refractivity contribution in [2.24, 2.45) is 5.73 Å². The van der Waals surface area contributed by atoms with Gasteiger partial charge in [-0.25, -0.2) is 0 Å². The molecule has 1 aromatic rings. The third-order valence-corrected chi connectivity index (χ3v) is 2.96. The highest BCUT2D eigenvalue weighted by atomic mass is 35.5. The van der Waals surface area contributed by atoms with E-state index >= 15 is 0 Å². The Morgan fingerprint density at radius 3 is 2.54 bits per heavy atom. The molecule has 1 rings (SSSR count). The number of halogens is 1. The Hall–Kier alpha value is -0.220. The third-order valence-electron chi connectivity index (χ3n) is 1.51. The Kier molecular flexibility index (Phi) is 4.59. The second-order valence-corrected chi connectivity index (χ2v) is 4.24. The van der Waals surface area contributed by atoms with Crippen molar-refractivity contribution >= 4 is 23.4 Å². The lowest BCUT2D eigenvalue weighted by Crippen LogP contribution is -2.26. The highest BCUT2D eigenvalue weighted by Gasteiger charge is 2.01. The van der Waals surface area contributed by atoms with Crippen molar-refractivity contribution < 1.29 is 5.11 Å². The normalized spacial score (nSPS) is 12.8. The van der Waals surface area contributed by atoms with Gasteiger partial charge in [-0.05, 0) is 24.3 Å². The first kappa shape index (κ1) is 10.9. The van der Waals surface area contributed by atoms with Gasteiger partial charge < -0.3 is 10.8 Å². The van der Waals surface area contributed by atoms with Crippen LogP contribution < -0.4 is 5.73 Å². The smallest absolute Gasteiger partial charge is 0.0590 e. The molecule has 1 aromatic carbocycles. The Bertz CT molecular complexity index is 252. The predicted octanol–water partition coefficient (Wildman–Crippen LogP) is 1.75. The molecular formula is C9H12ClNOS. The summed E-state index contributed by atoms with van der Waals surface area (Å²) in [6.45, 7) is 0.0284. The topological polar surface area (TPSA) is 46.2 Å². The van der Waals surface area contributed by atoms with Gasteiger partial charge in [0.25, 0.3) is 0 Å². The number of nitrogens with two attached hydrogens (primary N) is 1. The molecule has 0 bridgehead atoms. The van der Waals surface area contributed by atoms with Gasteiger partial charge in [0.1, 0.15) is 0 Å². The molecule has 0 fully saturated rings. The molecule has 4 heteroatoms. The largest absolute Gasteiger partial charge is 0.395 e. The number of aliphatic hydroxyl groups excluding tert-OH is 1.